The first-order chi connectivity index (χ1) is 13.2. The summed E-state index contributed by atoms with van der Waals surface area (Å²) in [4.78, 5) is 4.36. The first-order valence-electron chi connectivity index (χ1n) is 7.91. The molecule has 1 aliphatic heterocycles. The van der Waals surface area contributed by atoms with Gasteiger partial charge in [0, 0.05) is 5.56 Å². The number of ether oxygens (including phenoxy) is 2. The fraction of sp³-hybridized carbons (Fsp3) is 0.0588. The van der Waals surface area contributed by atoms with Gasteiger partial charge in [0.05, 0.1) is 10.7 Å². The number of nitrogens with two attached hydrogens (primary N) is 1. The Morgan fingerprint density at radius 3 is 2.81 bits per heavy atom. The fourth-order valence-corrected chi connectivity index (χ4v) is 2.93. The predicted molar refractivity (Wildman–Crippen MR) is 95.6 cm³/mol. The van der Waals surface area contributed by atoms with E-state index in [0.29, 0.717) is 33.6 Å². The van der Waals surface area contributed by atoms with Crippen LogP contribution in [0.5, 0.6) is 11.5 Å². The first-order valence-corrected chi connectivity index (χ1v) is 8.28. The van der Waals surface area contributed by atoms with Gasteiger partial charge in [-0.05, 0) is 30.3 Å². The zero-order valence-electron chi connectivity index (χ0n) is 13.7. The third-order valence-corrected chi connectivity index (χ3v) is 4.36. The molecule has 0 saturated heterocycles. The molecule has 9 nitrogen and oxygen atoms in total. The third kappa shape index (κ3) is 2.56. The number of fused-ring (bicyclic) bond motifs is 1. The van der Waals surface area contributed by atoms with Crippen molar-refractivity contribution in [1.29, 1.82) is 0 Å². The van der Waals surface area contributed by atoms with Crippen molar-refractivity contribution in [2.45, 2.75) is 0 Å². The quantitative estimate of drug-likeness (QED) is 0.575. The van der Waals surface area contributed by atoms with Crippen molar-refractivity contribution in [2.24, 2.45) is 0 Å². The lowest BCUT2D eigenvalue weighted by atomic mass is 10.2. The molecule has 0 aliphatic carbocycles. The second-order valence-electron chi connectivity index (χ2n) is 5.68. The van der Waals surface area contributed by atoms with Crippen LogP contribution in [-0.4, -0.2) is 31.9 Å². The molecule has 0 atom stereocenters. The minimum atomic E-state index is 0.151. The number of hydrogen-bond donors (Lipinski definition) is 1. The Morgan fingerprint density at radius 1 is 1.07 bits per heavy atom. The van der Waals surface area contributed by atoms with E-state index in [9.17, 15) is 0 Å². The summed E-state index contributed by atoms with van der Waals surface area (Å²) in [6, 6.07) is 12.5. The van der Waals surface area contributed by atoms with Crippen molar-refractivity contribution in [3.63, 3.8) is 0 Å². The second-order valence-corrected chi connectivity index (χ2v) is 6.08. The number of nitrogen functional groups attached to an aromatic ring is 1. The largest absolute Gasteiger partial charge is 0.454 e. The smallest absolute Gasteiger partial charge is 0.282 e. The maximum Gasteiger partial charge on any atom is 0.282 e. The molecular weight excluding hydrogens is 372 g/mol. The van der Waals surface area contributed by atoms with Crippen LogP contribution >= 0.6 is 11.6 Å². The molecule has 0 spiro atoms. The lowest BCUT2D eigenvalue weighted by Gasteiger charge is -2.04. The first kappa shape index (κ1) is 15.6. The topological polar surface area (TPSA) is 114 Å². The molecule has 0 unspecified atom stereocenters. The van der Waals surface area contributed by atoms with Crippen LogP contribution in [0.25, 0.3) is 28.7 Å². The van der Waals surface area contributed by atoms with E-state index in [0.717, 1.165) is 0 Å². The number of rotatable bonds is 3. The minimum Gasteiger partial charge on any atom is -0.454 e. The van der Waals surface area contributed by atoms with Gasteiger partial charge in [-0.1, -0.05) is 34.1 Å². The van der Waals surface area contributed by atoms with Gasteiger partial charge in [-0.3, -0.25) is 0 Å². The molecular formula is C17H11ClN6O3. The highest BCUT2D eigenvalue weighted by Gasteiger charge is 2.22. The molecule has 0 saturated carbocycles. The van der Waals surface area contributed by atoms with Crippen molar-refractivity contribution in [2.75, 3.05) is 12.5 Å². The van der Waals surface area contributed by atoms with Crippen LogP contribution in [0.4, 0.5) is 5.82 Å². The Balaban J connectivity index is 1.51. The summed E-state index contributed by atoms with van der Waals surface area (Å²) in [5.74, 6) is 2.06. The summed E-state index contributed by atoms with van der Waals surface area (Å²) in [5.41, 5.74) is 7.76. The third-order valence-electron chi connectivity index (χ3n) is 4.04. The summed E-state index contributed by atoms with van der Waals surface area (Å²) in [6.45, 7) is 0.192. The van der Waals surface area contributed by atoms with Crippen LogP contribution in [0.2, 0.25) is 5.02 Å². The normalized spacial score (nSPS) is 12.5. The maximum absolute atomic E-state index is 6.20. The number of anilines is 1. The van der Waals surface area contributed by atoms with Gasteiger partial charge in [0.25, 0.3) is 5.89 Å². The molecule has 3 heterocycles. The average molecular weight is 383 g/mol. The van der Waals surface area contributed by atoms with E-state index in [-0.39, 0.29) is 24.2 Å². The molecule has 0 radical (unpaired) electrons. The van der Waals surface area contributed by atoms with Gasteiger partial charge < -0.3 is 19.7 Å². The van der Waals surface area contributed by atoms with E-state index in [1.165, 1.54) is 4.68 Å². The molecule has 0 amide bonds. The monoisotopic (exact) mass is 382 g/mol. The standard InChI is InChI=1S/C17H11ClN6O3/c18-10-3-1-2-4-11(10)24-15(19)14(21-23-24)17-20-16(22-27-17)9-5-6-12-13(7-9)26-8-25-12/h1-7H,8,19H2. The molecule has 5 rings (SSSR count). The summed E-state index contributed by atoms with van der Waals surface area (Å²) in [6.07, 6.45) is 0. The lowest BCUT2D eigenvalue weighted by molar-refractivity contribution is 0.174. The van der Waals surface area contributed by atoms with Gasteiger partial charge in [-0.15, -0.1) is 5.10 Å². The Labute approximate surface area is 157 Å². The number of para-hydroxylation sites is 1. The fourth-order valence-electron chi connectivity index (χ4n) is 2.72. The molecule has 1 aliphatic rings. The highest BCUT2D eigenvalue weighted by atomic mass is 35.5. The summed E-state index contributed by atoms with van der Waals surface area (Å²) in [5, 5.41) is 12.6. The maximum atomic E-state index is 6.20. The van der Waals surface area contributed by atoms with Crippen LogP contribution in [0.1, 0.15) is 0 Å². The molecule has 2 aromatic carbocycles. The Morgan fingerprint density at radius 2 is 1.93 bits per heavy atom. The molecule has 10 heteroatoms. The van der Waals surface area contributed by atoms with Crippen LogP contribution < -0.4 is 15.2 Å². The molecule has 0 fully saturated rings. The predicted octanol–water partition coefficient (Wildman–Crippen LogP) is 2.95. The van der Waals surface area contributed by atoms with Crippen LogP contribution in [0.3, 0.4) is 0 Å². The van der Waals surface area contributed by atoms with Crippen molar-refractivity contribution in [3.05, 3.63) is 47.5 Å². The number of aromatic nitrogens is 5. The van der Waals surface area contributed by atoms with Crippen molar-refractivity contribution < 1.29 is 14.0 Å². The van der Waals surface area contributed by atoms with E-state index >= 15 is 0 Å². The van der Waals surface area contributed by atoms with E-state index in [1.54, 1.807) is 24.3 Å². The molecule has 4 aromatic rings. The highest BCUT2D eigenvalue weighted by Crippen LogP contribution is 2.36. The van der Waals surface area contributed by atoms with E-state index < -0.39 is 0 Å². The van der Waals surface area contributed by atoms with Gasteiger partial charge in [0.1, 0.15) is 0 Å². The van der Waals surface area contributed by atoms with Gasteiger partial charge in [-0.2, -0.15) is 9.67 Å². The lowest BCUT2D eigenvalue weighted by Crippen LogP contribution is -2.02. The number of benzene rings is 2. The molecule has 0 bridgehead atoms. The number of hydrogen-bond acceptors (Lipinski definition) is 8. The summed E-state index contributed by atoms with van der Waals surface area (Å²) < 4.78 is 17.4. The Hall–Kier alpha value is -3.59. The molecule has 134 valence electrons. The van der Waals surface area contributed by atoms with Crippen molar-refractivity contribution in [1.82, 2.24) is 25.1 Å². The zero-order valence-corrected chi connectivity index (χ0v) is 14.4. The van der Waals surface area contributed by atoms with Gasteiger partial charge in [0.15, 0.2) is 23.0 Å². The second kappa shape index (κ2) is 5.99. The van der Waals surface area contributed by atoms with E-state index in [2.05, 4.69) is 20.5 Å². The minimum absolute atomic E-state index is 0.151. The van der Waals surface area contributed by atoms with Crippen LogP contribution in [0.15, 0.2) is 47.0 Å². The van der Waals surface area contributed by atoms with E-state index in [4.69, 9.17) is 31.3 Å². The average Bonchev–Trinajstić information content (AvgIpc) is 3.40. The van der Waals surface area contributed by atoms with Crippen molar-refractivity contribution >= 4 is 17.4 Å². The van der Waals surface area contributed by atoms with Gasteiger partial charge in [-0.25, -0.2) is 0 Å². The zero-order chi connectivity index (χ0) is 18.4. The molecule has 27 heavy (non-hydrogen) atoms. The number of nitrogens with zero attached hydrogens (tertiary/aromatic N) is 5. The summed E-state index contributed by atoms with van der Waals surface area (Å²) >= 11 is 6.20. The molecule has 2 aromatic heterocycles. The Kier molecular flexibility index (Phi) is 3.47. The SMILES string of the molecule is Nc1c(-c2nc(-c3ccc4c(c3)OCO4)no2)nnn1-c1ccccc1Cl. The summed E-state index contributed by atoms with van der Waals surface area (Å²) in [7, 11) is 0. The Bertz CT molecular complexity index is 1160. The highest BCUT2D eigenvalue weighted by molar-refractivity contribution is 6.32. The van der Waals surface area contributed by atoms with E-state index in [1.807, 2.05) is 18.2 Å². The van der Waals surface area contributed by atoms with Crippen molar-refractivity contribution in [3.8, 4) is 40.2 Å². The van der Waals surface area contributed by atoms with Crippen LogP contribution in [-0.2, 0) is 0 Å². The molecule has 2 N–H and O–H groups in total. The number of halogens is 1. The van der Waals surface area contributed by atoms with Gasteiger partial charge >= 0.3 is 0 Å². The van der Waals surface area contributed by atoms with Gasteiger partial charge in [0.2, 0.25) is 12.6 Å². The van der Waals surface area contributed by atoms with Crippen LogP contribution in [0, 0.1) is 0 Å².